The Hall–Kier alpha value is -3.07. The molecule has 0 radical (unpaired) electrons. The number of carbonyl (C=O) groups is 1. The molecule has 1 amide bonds. The van der Waals surface area contributed by atoms with E-state index in [0.29, 0.717) is 35.9 Å². The first-order valence-electron chi connectivity index (χ1n) is 12.5. The van der Waals surface area contributed by atoms with Crippen molar-refractivity contribution in [3.05, 3.63) is 71.7 Å². The molecule has 192 valence electrons. The summed E-state index contributed by atoms with van der Waals surface area (Å²) in [5, 5.41) is 21.0. The Morgan fingerprint density at radius 3 is 2.67 bits per heavy atom. The quantitative estimate of drug-likeness (QED) is 0.285. The van der Waals surface area contributed by atoms with Crippen LogP contribution in [0.3, 0.4) is 0 Å². The summed E-state index contributed by atoms with van der Waals surface area (Å²) in [4.78, 5) is 19.2. The smallest absolute Gasteiger partial charge is 0.249 e. The number of nitrogens with one attached hydrogen (secondary N) is 1. The Morgan fingerprint density at radius 1 is 1.22 bits per heavy atom. The molecule has 2 heterocycles. The zero-order valence-electron chi connectivity index (χ0n) is 20.6. The largest absolute Gasteiger partial charge is 0.497 e. The number of halogens is 1. The average molecular weight is 496 g/mol. The van der Waals surface area contributed by atoms with E-state index < -0.39 is 23.2 Å². The molecule has 1 aliphatic heterocycles. The molecule has 1 aliphatic rings. The monoisotopic (exact) mass is 495 g/mol. The minimum Gasteiger partial charge on any atom is -0.497 e. The van der Waals surface area contributed by atoms with Gasteiger partial charge in [0.1, 0.15) is 11.6 Å². The van der Waals surface area contributed by atoms with Gasteiger partial charge in [0, 0.05) is 10.9 Å². The van der Waals surface area contributed by atoms with Crippen LogP contribution in [0, 0.1) is 11.2 Å². The van der Waals surface area contributed by atoms with Gasteiger partial charge in [0.15, 0.2) is 0 Å². The number of hydroxylamine groups is 1. The van der Waals surface area contributed by atoms with E-state index in [1.807, 2.05) is 23.7 Å². The average Bonchev–Trinajstić information content (AvgIpc) is 2.92. The molecule has 3 N–H and O–H groups in total. The van der Waals surface area contributed by atoms with Crippen molar-refractivity contribution in [2.45, 2.75) is 44.6 Å². The van der Waals surface area contributed by atoms with Gasteiger partial charge in [-0.15, -0.1) is 0 Å². The number of benzene rings is 2. The van der Waals surface area contributed by atoms with Crippen molar-refractivity contribution >= 4 is 16.8 Å². The van der Waals surface area contributed by atoms with E-state index in [2.05, 4.69) is 22.0 Å². The summed E-state index contributed by atoms with van der Waals surface area (Å²) in [7, 11) is 1.52. The molecule has 0 saturated carbocycles. The third-order valence-corrected chi connectivity index (χ3v) is 7.48. The number of ether oxygens (including phenoxy) is 1. The normalized spacial score (nSPS) is 16.6. The van der Waals surface area contributed by atoms with E-state index in [1.54, 1.807) is 18.2 Å². The highest BCUT2D eigenvalue weighted by molar-refractivity contribution is 5.84. The number of aromatic nitrogens is 1. The van der Waals surface area contributed by atoms with Crippen LogP contribution >= 0.6 is 0 Å². The fourth-order valence-electron chi connectivity index (χ4n) is 5.26. The first-order valence-corrected chi connectivity index (χ1v) is 12.5. The summed E-state index contributed by atoms with van der Waals surface area (Å²) in [6.45, 7) is 2.38. The second kappa shape index (κ2) is 11.8. The molecule has 1 fully saturated rings. The van der Waals surface area contributed by atoms with Crippen LogP contribution in [0.4, 0.5) is 4.39 Å². The van der Waals surface area contributed by atoms with E-state index in [4.69, 9.17) is 4.74 Å². The highest BCUT2D eigenvalue weighted by atomic mass is 19.1. The number of carbonyl (C=O) groups excluding carboxylic acids is 1. The highest BCUT2D eigenvalue weighted by Crippen LogP contribution is 2.40. The van der Waals surface area contributed by atoms with Gasteiger partial charge in [-0.2, -0.15) is 0 Å². The molecule has 1 atom stereocenters. The molecular weight excluding hydrogens is 461 g/mol. The number of fused-ring (bicyclic) bond motifs is 1. The lowest BCUT2D eigenvalue weighted by Crippen LogP contribution is -2.48. The number of pyridine rings is 1. The number of aliphatic hydroxyl groups excluding tert-OH is 1. The van der Waals surface area contributed by atoms with Crippen LogP contribution in [0.15, 0.2) is 54.7 Å². The number of methoxy groups -OCH3 is 1. The zero-order chi connectivity index (χ0) is 25.5. The number of aliphatic hydroxyl groups is 1. The summed E-state index contributed by atoms with van der Waals surface area (Å²) in [5.74, 6) is -0.503. The molecule has 0 bridgehead atoms. The maximum absolute atomic E-state index is 14.8. The first kappa shape index (κ1) is 26.0. The van der Waals surface area contributed by atoms with Gasteiger partial charge in [0.05, 0.1) is 30.3 Å². The van der Waals surface area contributed by atoms with Gasteiger partial charge < -0.3 is 14.7 Å². The number of likely N-dealkylation sites (tertiary alicyclic amines) is 1. The zero-order valence-corrected chi connectivity index (χ0v) is 20.6. The van der Waals surface area contributed by atoms with Crippen LogP contribution in [-0.4, -0.2) is 52.8 Å². The third kappa shape index (κ3) is 5.83. The Kier molecular flexibility index (Phi) is 8.51. The molecule has 7 nitrogen and oxygen atoms in total. The van der Waals surface area contributed by atoms with E-state index in [9.17, 15) is 19.5 Å². The van der Waals surface area contributed by atoms with Crippen LogP contribution in [0.25, 0.3) is 10.9 Å². The Bertz CT molecular complexity index is 1170. The summed E-state index contributed by atoms with van der Waals surface area (Å²) in [6, 6.07) is 15.5. The number of aryl methyl sites for hydroxylation is 1. The number of piperidine rings is 1. The van der Waals surface area contributed by atoms with Crippen molar-refractivity contribution < 1.29 is 24.2 Å². The van der Waals surface area contributed by atoms with Gasteiger partial charge in [-0.25, -0.2) is 9.87 Å². The number of nitrogens with zero attached hydrogens (tertiary/aromatic N) is 2. The molecule has 0 spiro atoms. The minimum atomic E-state index is -1.13. The van der Waals surface area contributed by atoms with Crippen LogP contribution in [0.5, 0.6) is 5.75 Å². The molecule has 8 heteroatoms. The molecule has 1 saturated heterocycles. The van der Waals surface area contributed by atoms with Crippen molar-refractivity contribution in [2.75, 3.05) is 26.7 Å². The molecule has 1 unspecified atom stereocenters. The fraction of sp³-hybridized carbons (Fsp3) is 0.429. The van der Waals surface area contributed by atoms with Gasteiger partial charge in [-0.3, -0.25) is 15.0 Å². The second-order valence-electron chi connectivity index (χ2n) is 9.61. The lowest BCUT2D eigenvalue weighted by Gasteiger charge is -2.40. The molecule has 4 rings (SSSR count). The molecule has 1 aromatic heterocycles. The topological polar surface area (TPSA) is 94.9 Å². The summed E-state index contributed by atoms with van der Waals surface area (Å²) >= 11 is 0. The number of hydrogen-bond acceptors (Lipinski definition) is 6. The lowest BCUT2D eigenvalue weighted by molar-refractivity contribution is -0.143. The standard InChI is InChI=1S/C28H34FN3O4/c1-36-21-9-10-24-22(18-21)26(23(29)19-30-24)25(33)11-12-28(27(34)31-35)13-16-32(17-14-28)15-5-8-20-6-3-2-4-7-20/h2-4,6-7,9-10,18-19,25,33,35H,5,8,11-17H2,1H3,(H,31,34). The van der Waals surface area contributed by atoms with Gasteiger partial charge in [-0.05, 0) is 81.9 Å². The van der Waals surface area contributed by atoms with E-state index in [1.165, 1.54) is 12.7 Å². The number of amides is 1. The molecule has 3 aromatic rings. The highest BCUT2D eigenvalue weighted by Gasteiger charge is 2.41. The Labute approximate surface area is 210 Å². The molecule has 36 heavy (non-hydrogen) atoms. The Morgan fingerprint density at radius 2 is 1.97 bits per heavy atom. The number of rotatable bonds is 10. The SMILES string of the molecule is COc1ccc2ncc(F)c(C(O)CCC3(C(=O)NO)CCN(CCCc4ccccc4)CC3)c2c1. The summed E-state index contributed by atoms with van der Waals surface area (Å²) in [5.41, 5.74) is 3.03. The van der Waals surface area contributed by atoms with E-state index >= 15 is 0 Å². The van der Waals surface area contributed by atoms with Crippen LogP contribution in [-0.2, 0) is 11.2 Å². The predicted octanol–water partition coefficient (Wildman–Crippen LogP) is 4.42. The summed E-state index contributed by atoms with van der Waals surface area (Å²) in [6.07, 6.45) is 3.63. The van der Waals surface area contributed by atoms with Crippen LogP contribution < -0.4 is 10.2 Å². The van der Waals surface area contributed by atoms with E-state index in [0.717, 1.165) is 38.7 Å². The van der Waals surface area contributed by atoms with Crippen molar-refractivity contribution in [2.24, 2.45) is 5.41 Å². The van der Waals surface area contributed by atoms with Gasteiger partial charge in [0.25, 0.3) is 0 Å². The van der Waals surface area contributed by atoms with Crippen LogP contribution in [0.1, 0.15) is 49.3 Å². The summed E-state index contributed by atoms with van der Waals surface area (Å²) < 4.78 is 20.1. The molecule has 2 aromatic carbocycles. The first-order chi connectivity index (χ1) is 17.5. The van der Waals surface area contributed by atoms with E-state index in [-0.39, 0.29) is 12.0 Å². The Balaban J connectivity index is 1.40. The van der Waals surface area contributed by atoms with Crippen molar-refractivity contribution in [1.29, 1.82) is 0 Å². The molecule has 0 aliphatic carbocycles. The lowest BCUT2D eigenvalue weighted by atomic mass is 9.73. The fourth-order valence-corrected chi connectivity index (χ4v) is 5.26. The van der Waals surface area contributed by atoms with Crippen molar-refractivity contribution in [1.82, 2.24) is 15.4 Å². The number of hydrogen-bond donors (Lipinski definition) is 3. The molecular formula is C28H34FN3O4. The van der Waals surface area contributed by atoms with Gasteiger partial charge in [-0.1, -0.05) is 30.3 Å². The van der Waals surface area contributed by atoms with Crippen molar-refractivity contribution in [3.8, 4) is 5.75 Å². The maximum Gasteiger partial charge on any atom is 0.249 e. The van der Waals surface area contributed by atoms with Crippen LogP contribution in [0.2, 0.25) is 0 Å². The predicted molar refractivity (Wildman–Crippen MR) is 135 cm³/mol. The third-order valence-electron chi connectivity index (χ3n) is 7.48. The second-order valence-corrected chi connectivity index (χ2v) is 9.61. The minimum absolute atomic E-state index is 0.150. The maximum atomic E-state index is 14.8. The van der Waals surface area contributed by atoms with Crippen molar-refractivity contribution in [3.63, 3.8) is 0 Å². The van der Waals surface area contributed by atoms with Gasteiger partial charge in [0.2, 0.25) is 5.91 Å². The van der Waals surface area contributed by atoms with Gasteiger partial charge >= 0.3 is 0 Å².